The lowest BCUT2D eigenvalue weighted by Gasteiger charge is -2.23. The van der Waals surface area contributed by atoms with Gasteiger partial charge in [-0.3, -0.25) is 4.90 Å². The van der Waals surface area contributed by atoms with Gasteiger partial charge >= 0.3 is 0 Å². The Morgan fingerprint density at radius 2 is 2.31 bits per heavy atom. The number of terminal acetylenes is 1. The van der Waals surface area contributed by atoms with Gasteiger partial charge in [-0.25, -0.2) is 0 Å². The van der Waals surface area contributed by atoms with Crippen molar-refractivity contribution in [1.29, 1.82) is 0 Å². The van der Waals surface area contributed by atoms with Gasteiger partial charge in [-0.1, -0.05) is 18.1 Å². The molecule has 2 aliphatic rings. The average Bonchev–Trinajstić information content (AvgIpc) is 2.65. The fraction of sp³-hybridized carbons (Fsp3) is 0.667. The molecular weight excluding hydrogens is 158 g/mol. The van der Waals surface area contributed by atoms with Crippen LogP contribution in [0.15, 0.2) is 12.2 Å². The van der Waals surface area contributed by atoms with E-state index in [1.54, 1.807) is 0 Å². The summed E-state index contributed by atoms with van der Waals surface area (Å²) in [5, 5.41) is 0. The molecule has 3 unspecified atom stereocenters. The van der Waals surface area contributed by atoms with E-state index in [1.165, 1.54) is 19.4 Å². The molecule has 0 heterocycles. The quantitative estimate of drug-likeness (QED) is 0.467. The largest absolute Gasteiger partial charge is 0.295 e. The fourth-order valence-electron chi connectivity index (χ4n) is 2.73. The molecule has 2 bridgehead atoms. The van der Waals surface area contributed by atoms with Gasteiger partial charge in [0.05, 0.1) is 6.54 Å². The highest BCUT2D eigenvalue weighted by atomic mass is 15.1. The summed E-state index contributed by atoms with van der Waals surface area (Å²) in [6, 6.07) is 0. The number of allylic oxidation sites excluding steroid dienone is 2. The van der Waals surface area contributed by atoms with Gasteiger partial charge < -0.3 is 0 Å². The number of nitrogens with zero attached hydrogens (tertiary/aromatic N) is 1. The molecule has 0 radical (unpaired) electrons. The maximum atomic E-state index is 5.27. The highest BCUT2D eigenvalue weighted by Gasteiger charge is 2.35. The molecule has 0 saturated heterocycles. The summed E-state index contributed by atoms with van der Waals surface area (Å²) in [7, 11) is 2.12. The lowest BCUT2D eigenvalue weighted by atomic mass is 9.93. The van der Waals surface area contributed by atoms with Crippen LogP contribution in [0.1, 0.15) is 12.8 Å². The summed E-state index contributed by atoms with van der Waals surface area (Å²) < 4.78 is 0. The number of hydrogen-bond donors (Lipinski definition) is 0. The van der Waals surface area contributed by atoms with Crippen LogP contribution < -0.4 is 0 Å². The van der Waals surface area contributed by atoms with Gasteiger partial charge in [0.25, 0.3) is 0 Å². The molecule has 1 fully saturated rings. The number of rotatable bonds is 3. The molecule has 3 atom stereocenters. The van der Waals surface area contributed by atoms with Gasteiger partial charge in [-0.2, -0.15) is 0 Å². The van der Waals surface area contributed by atoms with Crippen molar-refractivity contribution < 1.29 is 0 Å². The molecule has 1 nitrogen and oxygen atoms in total. The van der Waals surface area contributed by atoms with Gasteiger partial charge in [-0.15, -0.1) is 6.42 Å². The summed E-state index contributed by atoms with van der Waals surface area (Å²) in [4.78, 5) is 2.26. The smallest absolute Gasteiger partial charge is 0.0596 e. The van der Waals surface area contributed by atoms with E-state index in [2.05, 4.69) is 30.0 Å². The lowest BCUT2D eigenvalue weighted by molar-refractivity contribution is 0.277. The summed E-state index contributed by atoms with van der Waals surface area (Å²) in [6.45, 7) is 1.97. The number of hydrogen-bond acceptors (Lipinski definition) is 1. The van der Waals surface area contributed by atoms with E-state index in [-0.39, 0.29) is 0 Å². The van der Waals surface area contributed by atoms with E-state index >= 15 is 0 Å². The van der Waals surface area contributed by atoms with Crippen LogP contribution in [0.2, 0.25) is 0 Å². The van der Waals surface area contributed by atoms with E-state index in [9.17, 15) is 0 Å². The minimum Gasteiger partial charge on any atom is -0.295 e. The second-order valence-electron chi connectivity index (χ2n) is 4.44. The van der Waals surface area contributed by atoms with Gasteiger partial charge in [0, 0.05) is 6.54 Å². The Hall–Kier alpha value is -0.740. The molecule has 1 heteroatoms. The highest BCUT2D eigenvalue weighted by molar-refractivity contribution is 5.10. The van der Waals surface area contributed by atoms with Crippen LogP contribution in [0.5, 0.6) is 0 Å². The Kier molecular flexibility index (Phi) is 2.42. The minimum absolute atomic E-state index is 0.789. The maximum Gasteiger partial charge on any atom is 0.0596 e. The SMILES string of the molecule is C#CCN(C)CC1CC2C=CC1C2. The Bertz CT molecular complexity index is 248. The molecule has 0 aliphatic heterocycles. The molecule has 0 N–H and O–H groups in total. The zero-order valence-corrected chi connectivity index (χ0v) is 8.24. The van der Waals surface area contributed by atoms with E-state index in [0.717, 1.165) is 24.3 Å². The second-order valence-corrected chi connectivity index (χ2v) is 4.44. The van der Waals surface area contributed by atoms with Gasteiger partial charge in [-0.05, 0) is 37.6 Å². The first kappa shape index (κ1) is 8.84. The highest BCUT2D eigenvalue weighted by Crippen LogP contribution is 2.43. The number of fused-ring (bicyclic) bond motifs is 2. The summed E-state index contributed by atoms with van der Waals surface area (Å²) in [5.41, 5.74) is 0. The molecule has 0 aromatic heterocycles. The van der Waals surface area contributed by atoms with Crippen LogP contribution in [-0.4, -0.2) is 25.0 Å². The van der Waals surface area contributed by atoms with Crippen molar-refractivity contribution in [3.05, 3.63) is 12.2 Å². The van der Waals surface area contributed by atoms with Gasteiger partial charge in [0.15, 0.2) is 0 Å². The predicted molar refractivity (Wildman–Crippen MR) is 55.2 cm³/mol. The monoisotopic (exact) mass is 175 g/mol. The average molecular weight is 175 g/mol. The molecular formula is C12H17N. The molecule has 1 saturated carbocycles. The van der Waals surface area contributed by atoms with Gasteiger partial charge in [0.1, 0.15) is 0 Å². The van der Waals surface area contributed by atoms with E-state index < -0.39 is 0 Å². The predicted octanol–water partition coefficient (Wildman–Crippen LogP) is 1.76. The van der Waals surface area contributed by atoms with Crippen molar-refractivity contribution in [2.75, 3.05) is 20.1 Å². The summed E-state index contributed by atoms with van der Waals surface area (Å²) in [6.07, 6.45) is 12.9. The molecule has 13 heavy (non-hydrogen) atoms. The van der Waals surface area contributed by atoms with E-state index in [0.29, 0.717) is 0 Å². The fourth-order valence-corrected chi connectivity index (χ4v) is 2.73. The first-order valence-corrected chi connectivity index (χ1v) is 5.10. The maximum absolute atomic E-state index is 5.27. The Morgan fingerprint density at radius 3 is 2.85 bits per heavy atom. The Balaban J connectivity index is 1.84. The Morgan fingerprint density at radius 1 is 1.46 bits per heavy atom. The van der Waals surface area contributed by atoms with E-state index in [4.69, 9.17) is 6.42 Å². The molecule has 0 aromatic rings. The summed E-state index contributed by atoms with van der Waals surface area (Å²) in [5.74, 6) is 5.30. The second kappa shape index (κ2) is 3.55. The standard InChI is InChI=1S/C12H17N/c1-3-6-13(2)9-12-8-10-4-5-11(12)7-10/h1,4-5,10-12H,6-9H2,2H3. The molecule has 0 amide bonds. The van der Waals surface area contributed by atoms with Crippen molar-refractivity contribution >= 4 is 0 Å². The van der Waals surface area contributed by atoms with Crippen molar-refractivity contribution in [2.45, 2.75) is 12.8 Å². The van der Waals surface area contributed by atoms with E-state index in [1.807, 2.05) is 0 Å². The van der Waals surface area contributed by atoms with Crippen LogP contribution in [0.25, 0.3) is 0 Å². The zero-order valence-electron chi connectivity index (χ0n) is 8.24. The third-order valence-corrected chi connectivity index (χ3v) is 3.32. The molecule has 0 aromatic carbocycles. The van der Waals surface area contributed by atoms with Crippen LogP contribution in [-0.2, 0) is 0 Å². The van der Waals surface area contributed by atoms with Crippen LogP contribution >= 0.6 is 0 Å². The normalized spacial score (nSPS) is 35.6. The molecule has 70 valence electrons. The van der Waals surface area contributed by atoms with Crippen molar-refractivity contribution in [1.82, 2.24) is 4.90 Å². The minimum atomic E-state index is 0.789. The van der Waals surface area contributed by atoms with Crippen molar-refractivity contribution in [3.8, 4) is 12.3 Å². The Labute approximate surface area is 80.8 Å². The molecule has 2 rings (SSSR count). The lowest BCUT2D eigenvalue weighted by Crippen LogP contribution is -2.28. The van der Waals surface area contributed by atoms with Crippen LogP contribution in [0.3, 0.4) is 0 Å². The van der Waals surface area contributed by atoms with Crippen LogP contribution in [0.4, 0.5) is 0 Å². The van der Waals surface area contributed by atoms with Gasteiger partial charge in [0.2, 0.25) is 0 Å². The van der Waals surface area contributed by atoms with Crippen molar-refractivity contribution in [2.24, 2.45) is 17.8 Å². The third kappa shape index (κ3) is 1.78. The topological polar surface area (TPSA) is 3.24 Å². The summed E-state index contributed by atoms with van der Waals surface area (Å²) >= 11 is 0. The molecule has 2 aliphatic carbocycles. The first-order chi connectivity index (χ1) is 6.29. The molecule has 0 spiro atoms. The zero-order chi connectivity index (χ0) is 9.26. The van der Waals surface area contributed by atoms with Crippen LogP contribution in [0, 0.1) is 30.1 Å². The first-order valence-electron chi connectivity index (χ1n) is 5.10. The van der Waals surface area contributed by atoms with Crippen molar-refractivity contribution in [3.63, 3.8) is 0 Å². The third-order valence-electron chi connectivity index (χ3n) is 3.32.